The van der Waals surface area contributed by atoms with E-state index in [1.54, 1.807) is 0 Å². The fourth-order valence-corrected chi connectivity index (χ4v) is 4.38. The van der Waals surface area contributed by atoms with E-state index in [2.05, 4.69) is 4.98 Å². The first-order valence-corrected chi connectivity index (χ1v) is 9.39. The second-order valence-electron chi connectivity index (χ2n) is 7.68. The maximum atomic E-state index is 13.8. The molecule has 4 rings (SSSR count). The highest BCUT2D eigenvalue weighted by Crippen LogP contribution is 2.43. The van der Waals surface area contributed by atoms with Crippen molar-refractivity contribution in [2.45, 2.75) is 56.5 Å². The highest BCUT2D eigenvalue weighted by Gasteiger charge is 2.47. The molecule has 0 saturated carbocycles. The summed E-state index contributed by atoms with van der Waals surface area (Å²) in [5.41, 5.74) is 4.95. The molecule has 3 atom stereocenters. The summed E-state index contributed by atoms with van der Waals surface area (Å²) < 4.78 is 80.8. The van der Waals surface area contributed by atoms with E-state index in [0.29, 0.717) is 25.0 Å². The number of halogens is 6. The Kier molecular flexibility index (Phi) is 5.03. The maximum absolute atomic E-state index is 13.8. The third kappa shape index (κ3) is 3.55. The number of carbonyl (C=O) groups excluding carboxylic acids is 1. The van der Waals surface area contributed by atoms with Gasteiger partial charge in [-0.3, -0.25) is 4.79 Å². The molecule has 0 unspecified atom stereocenters. The quantitative estimate of drug-likeness (QED) is 0.596. The molecule has 2 aliphatic rings. The summed E-state index contributed by atoms with van der Waals surface area (Å²) in [5, 5.41) is 0. The van der Waals surface area contributed by atoms with Gasteiger partial charge in [0.2, 0.25) is 5.91 Å². The topological polar surface area (TPSA) is 64.2 Å². The largest absolute Gasteiger partial charge is 0.433 e. The smallest absolute Gasteiger partial charge is 0.328 e. The summed E-state index contributed by atoms with van der Waals surface area (Å²) in [6.07, 6.45) is -3.14. The molecule has 1 amide bonds. The van der Waals surface area contributed by atoms with Crippen LogP contribution in [-0.4, -0.2) is 32.4 Å². The molecule has 1 saturated heterocycles. The summed E-state index contributed by atoms with van der Waals surface area (Å²) in [5.74, 6) is -3.70. The van der Waals surface area contributed by atoms with Gasteiger partial charge < -0.3 is 15.2 Å². The molecule has 0 aliphatic carbocycles. The Bertz CT molecular complexity index is 988. The number of hydrogen-bond acceptors (Lipinski definition) is 3. The molecule has 0 radical (unpaired) electrons. The monoisotopic (exact) mass is 432 g/mol. The van der Waals surface area contributed by atoms with Crippen LogP contribution in [0.25, 0.3) is 0 Å². The number of alkyl halides is 3. The van der Waals surface area contributed by atoms with Crippen molar-refractivity contribution < 1.29 is 31.1 Å². The van der Waals surface area contributed by atoms with Crippen LogP contribution in [0, 0.1) is 17.5 Å². The number of aromatic nitrogens is 2. The van der Waals surface area contributed by atoms with Gasteiger partial charge >= 0.3 is 6.18 Å². The van der Waals surface area contributed by atoms with E-state index in [1.165, 1.54) is 4.90 Å². The van der Waals surface area contributed by atoms with Crippen molar-refractivity contribution in [3.8, 4) is 0 Å². The second-order valence-corrected chi connectivity index (χ2v) is 7.68. The van der Waals surface area contributed by atoms with Gasteiger partial charge in [-0.05, 0) is 30.9 Å². The highest BCUT2D eigenvalue weighted by atomic mass is 19.4. The van der Waals surface area contributed by atoms with Crippen LogP contribution in [0.2, 0.25) is 0 Å². The molecule has 2 aliphatic heterocycles. The first-order chi connectivity index (χ1) is 14.1. The molecule has 1 aromatic heterocycles. The number of imidazole rings is 1. The molecule has 2 aromatic rings. The Morgan fingerprint density at radius 2 is 1.87 bits per heavy atom. The van der Waals surface area contributed by atoms with Crippen molar-refractivity contribution in [2.24, 2.45) is 5.73 Å². The minimum atomic E-state index is -4.53. The molecular formula is C19H18F6N4O. The fourth-order valence-electron chi connectivity index (χ4n) is 4.38. The fraction of sp³-hybridized carbons (Fsp3) is 0.474. The van der Waals surface area contributed by atoms with Crippen LogP contribution in [0.3, 0.4) is 0 Å². The van der Waals surface area contributed by atoms with E-state index in [1.807, 2.05) is 0 Å². The standard InChI is InChI=1S/C19H18F6N4O/c20-12-6-14(22)13(21)4-9(12)3-10(26)5-17(30)29-11-1-2-15(29)18-27-7-16(19(23,24)25)28(18)8-11/h4,6-7,10-11,15H,1-3,5,8,26H2/t10-,11-,15+/m1/s1. The molecule has 2 bridgehead atoms. The lowest BCUT2D eigenvalue weighted by molar-refractivity contribution is -0.145. The lowest BCUT2D eigenvalue weighted by atomic mass is 10.0. The van der Waals surface area contributed by atoms with E-state index in [0.717, 1.165) is 10.8 Å². The number of fused-ring (bicyclic) bond motifs is 4. The van der Waals surface area contributed by atoms with Crippen molar-refractivity contribution in [3.05, 3.63) is 52.9 Å². The van der Waals surface area contributed by atoms with E-state index in [4.69, 9.17) is 5.73 Å². The average molecular weight is 432 g/mol. The van der Waals surface area contributed by atoms with Gasteiger partial charge in [0.25, 0.3) is 0 Å². The van der Waals surface area contributed by atoms with Gasteiger partial charge in [0, 0.05) is 25.1 Å². The first kappa shape index (κ1) is 20.7. The average Bonchev–Trinajstić information content (AvgIpc) is 3.21. The molecule has 3 heterocycles. The Hall–Kier alpha value is -2.56. The number of hydrogen-bond donors (Lipinski definition) is 1. The molecule has 1 fully saturated rings. The van der Waals surface area contributed by atoms with E-state index in [9.17, 15) is 31.1 Å². The van der Waals surface area contributed by atoms with Crippen LogP contribution in [-0.2, 0) is 23.9 Å². The van der Waals surface area contributed by atoms with Crippen LogP contribution in [0.15, 0.2) is 18.3 Å². The van der Waals surface area contributed by atoms with Crippen molar-refractivity contribution >= 4 is 5.91 Å². The van der Waals surface area contributed by atoms with Crippen molar-refractivity contribution in [1.29, 1.82) is 0 Å². The number of nitrogens with zero attached hydrogens (tertiary/aromatic N) is 3. The zero-order valence-electron chi connectivity index (χ0n) is 15.6. The Morgan fingerprint density at radius 3 is 2.57 bits per heavy atom. The summed E-state index contributed by atoms with van der Waals surface area (Å²) in [6.45, 7) is -0.0144. The van der Waals surface area contributed by atoms with Crippen LogP contribution >= 0.6 is 0 Å². The lowest BCUT2D eigenvalue weighted by Crippen LogP contribution is -2.46. The summed E-state index contributed by atoms with van der Waals surface area (Å²) in [7, 11) is 0. The Labute approximate surface area is 167 Å². The predicted molar refractivity (Wildman–Crippen MR) is 92.5 cm³/mol. The molecule has 11 heteroatoms. The summed E-state index contributed by atoms with van der Waals surface area (Å²) >= 11 is 0. The minimum Gasteiger partial charge on any atom is -0.328 e. The molecule has 1 aromatic carbocycles. The Morgan fingerprint density at radius 1 is 1.17 bits per heavy atom. The number of carbonyl (C=O) groups is 1. The molecule has 5 nitrogen and oxygen atoms in total. The third-order valence-corrected chi connectivity index (χ3v) is 5.67. The van der Waals surface area contributed by atoms with Gasteiger partial charge in [-0.15, -0.1) is 0 Å². The van der Waals surface area contributed by atoms with Crippen LogP contribution in [0.5, 0.6) is 0 Å². The third-order valence-electron chi connectivity index (χ3n) is 5.67. The zero-order chi connectivity index (χ0) is 21.8. The molecule has 2 N–H and O–H groups in total. The first-order valence-electron chi connectivity index (χ1n) is 9.39. The Balaban J connectivity index is 1.48. The lowest BCUT2D eigenvalue weighted by Gasteiger charge is -2.36. The predicted octanol–water partition coefficient (Wildman–Crippen LogP) is 3.33. The van der Waals surface area contributed by atoms with Crippen molar-refractivity contribution in [3.63, 3.8) is 0 Å². The van der Waals surface area contributed by atoms with Crippen LogP contribution in [0.1, 0.15) is 42.4 Å². The van der Waals surface area contributed by atoms with Crippen LogP contribution < -0.4 is 5.73 Å². The summed E-state index contributed by atoms with van der Waals surface area (Å²) in [6, 6.07) is -0.752. The van der Waals surface area contributed by atoms with E-state index >= 15 is 0 Å². The van der Waals surface area contributed by atoms with E-state index < -0.39 is 47.4 Å². The zero-order valence-corrected chi connectivity index (χ0v) is 15.6. The normalized spacial score (nSPS) is 21.6. The van der Waals surface area contributed by atoms with Crippen LogP contribution in [0.4, 0.5) is 26.3 Å². The molecule has 30 heavy (non-hydrogen) atoms. The van der Waals surface area contributed by atoms with Gasteiger partial charge in [0.05, 0.1) is 18.3 Å². The number of rotatable bonds is 4. The highest BCUT2D eigenvalue weighted by molar-refractivity contribution is 5.78. The molecular weight excluding hydrogens is 414 g/mol. The van der Waals surface area contributed by atoms with Crippen molar-refractivity contribution in [2.75, 3.05) is 0 Å². The second kappa shape index (κ2) is 7.29. The molecule has 162 valence electrons. The SMILES string of the molecule is N[C@@H](CC(=O)N1[C@@H]2CC[C@H]1c1ncc(C(F)(F)F)n1C2)Cc1cc(F)c(F)cc1F. The number of amides is 1. The van der Waals surface area contributed by atoms with Gasteiger partial charge in [-0.1, -0.05) is 0 Å². The summed E-state index contributed by atoms with van der Waals surface area (Å²) in [4.78, 5) is 18.2. The number of nitrogens with two attached hydrogens (primary N) is 1. The van der Waals surface area contributed by atoms with Gasteiger partial charge in [-0.2, -0.15) is 13.2 Å². The maximum Gasteiger partial charge on any atom is 0.433 e. The minimum absolute atomic E-state index is 0.0144. The van der Waals surface area contributed by atoms with Gasteiger partial charge in [-0.25, -0.2) is 18.2 Å². The van der Waals surface area contributed by atoms with Gasteiger partial charge in [0.1, 0.15) is 17.3 Å². The molecule has 0 spiro atoms. The van der Waals surface area contributed by atoms with E-state index in [-0.39, 0.29) is 36.7 Å². The van der Waals surface area contributed by atoms with Gasteiger partial charge in [0.15, 0.2) is 11.6 Å². The van der Waals surface area contributed by atoms with Crippen molar-refractivity contribution in [1.82, 2.24) is 14.5 Å². The number of benzene rings is 1.